The molecule has 5 heteroatoms. The smallest absolute Gasteiger partial charge is 0.244 e. The maximum atomic E-state index is 13.7. The molecule has 0 aliphatic heterocycles. The van der Waals surface area contributed by atoms with Crippen LogP contribution in [0.15, 0.2) is 42.0 Å². The summed E-state index contributed by atoms with van der Waals surface area (Å²) in [6.07, 6.45) is 5.74. The number of carbonyl (C=O) groups is 1. The molecule has 1 unspecified atom stereocenters. The van der Waals surface area contributed by atoms with Gasteiger partial charge in [0.15, 0.2) is 0 Å². The summed E-state index contributed by atoms with van der Waals surface area (Å²) in [5.74, 6) is -1.96. The average molecular weight is 309 g/mol. The summed E-state index contributed by atoms with van der Waals surface area (Å²) in [7, 11) is 0. The molecule has 1 atom stereocenters. The molecule has 0 radical (unpaired) electrons. The molecule has 0 aliphatic rings. The van der Waals surface area contributed by atoms with E-state index < -0.39 is 23.1 Å². The van der Waals surface area contributed by atoms with Crippen LogP contribution in [0.5, 0.6) is 0 Å². The van der Waals surface area contributed by atoms with Crippen LogP contribution in [0.3, 0.4) is 0 Å². The van der Waals surface area contributed by atoms with Crippen molar-refractivity contribution < 1.29 is 18.7 Å². The molecule has 1 amide bonds. The van der Waals surface area contributed by atoms with Gasteiger partial charge in [-0.25, -0.2) is 8.78 Å². The molecule has 0 aliphatic carbocycles. The Labute approximate surface area is 129 Å². The van der Waals surface area contributed by atoms with Crippen molar-refractivity contribution >= 4 is 5.91 Å². The number of amides is 1. The number of allylic oxidation sites excluding steroid dienone is 3. The number of nitrogens with one attached hydrogen (secondary N) is 1. The highest BCUT2D eigenvalue weighted by Gasteiger charge is 2.27. The lowest BCUT2D eigenvalue weighted by Crippen LogP contribution is -2.38. The number of benzene rings is 1. The van der Waals surface area contributed by atoms with E-state index in [1.54, 1.807) is 6.08 Å². The Bertz CT molecular complexity index is 592. The highest BCUT2D eigenvalue weighted by molar-refractivity contribution is 5.88. The summed E-state index contributed by atoms with van der Waals surface area (Å²) >= 11 is 0. The Hall–Kier alpha value is -2.01. The number of carbonyl (C=O) groups excluding carboxylic acids is 1. The van der Waals surface area contributed by atoms with Gasteiger partial charge in [-0.2, -0.15) is 0 Å². The Morgan fingerprint density at radius 1 is 1.36 bits per heavy atom. The lowest BCUT2D eigenvalue weighted by atomic mass is 9.95. The molecule has 1 aromatic rings. The van der Waals surface area contributed by atoms with Gasteiger partial charge in [0.25, 0.3) is 0 Å². The van der Waals surface area contributed by atoms with Crippen molar-refractivity contribution in [3.8, 4) is 0 Å². The lowest BCUT2D eigenvalue weighted by molar-refractivity contribution is -0.117. The maximum Gasteiger partial charge on any atom is 0.244 e. The van der Waals surface area contributed by atoms with Crippen LogP contribution in [0.2, 0.25) is 0 Å². The quantitative estimate of drug-likeness (QED) is 0.626. The minimum atomic E-state index is -1.63. The minimum Gasteiger partial charge on any atom is -0.383 e. The second-order valence-electron chi connectivity index (χ2n) is 5.17. The van der Waals surface area contributed by atoms with E-state index in [9.17, 15) is 18.7 Å². The molecule has 0 saturated carbocycles. The fourth-order valence-electron chi connectivity index (χ4n) is 1.94. The molecular formula is C17H21F2NO2. The summed E-state index contributed by atoms with van der Waals surface area (Å²) in [5, 5.41) is 12.8. The third-order valence-electron chi connectivity index (χ3n) is 3.35. The van der Waals surface area contributed by atoms with Crippen LogP contribution in [0.4, 0.5) is 8.78 Å². The van der Waals surface area contributed by atoms with Crippen LogP contribution in [-0.2, 0) is 10.4 Å². The van der Waals surface area contributed by atoms with E-state index in [-0.39, 0.29) is 12.1 Å². The van der Waals surface area contributed by atoms with Crippen molar-refractivity contribution in [2.24, 2.45) is 0 Å². The van der Waals surface area contributed by atoms with Crippen LogP contribution in [-0.4, -0.2) is 17.6 Å². The number of hydrogen-bond acceptors (Lipinski definition) is 2. The number of hydrogen-bond donors (Lipinski definition) is 2. The van der Waals surface area contributed by atoms with E-state index in [2.05, 4.69) is 5.32 Å². The first-order chi connectivity index (χ1) is 10.3. The standard InChI is InChI=1S/C17H21F2NO2/c1-4-12(5-2)6-9-16(21)20-11-17(3,22)14-8-7-13(18)10-15(14)19/h4,6-10,22H,5,11H2,1-3H3,(H,20,21). The summed E-state index contributed by atoms with van der Waals surface area (Å²) in [6, 6.07) is 2.93. The Kier molecular flexibility index (Phi) is 6.43. The second-order valence-corrected chi connectivity index (χ2v) is 5.17. The van der Waals surface area contributed by atoms with Gasteiger partial charge in [0, 0.05) is 17.7 Å². The molecule has 22 heavy (non-hydrogen) atoms. The topological polar surface area (TPSA) is 49.3 Å². The summed E-state index contributed by atoms with van der Waals surface area (Å²) in [4.78, 5) is 11.7. The Morgan fingerprint density at radius 2 is 2.05 bits per heavy atom. The van der Waals surface area contributed by atoms with Gasteiger partial charge in [-0.1, -0.05) is 30.7 Å². The number of rotatable bonds is 6. The predicted octanol–water partition coefficient (Wildman–Crippen LogP) is 3.20. The van der Waals surface area contributed by atoms with Crippen molar-refractivity contribution in [1.82, 2.24) is 5.32 Å². The number of aliphatic hydroxyl groups is 1. The van der Waals surface area contributed by atoms with Gasteiger partial charge in [-0.3, -0.25) is 4.79 Å². The van der Waals surface area contributed by atoms with E-state index in [1.807, 2.05) is 19.9 Å². The summed E-state index contributed by atoms with van der Waals surface area (Å²) in [6.45, 7) is 5.02. The van der Waals surface area contributed by atoms with Crippen molar-refractivity contribution in [3.05, 3.63) is 59.2 Å². The van der Waals surface area contributed by atoms with Gasteiger partial charge >= 0.3 is 0 Å². The molecule has 3 nitrogen and oxygen atoms in total. The van der Waals surface area contributed by atoms with Crippen LogP contribution < -0.4 is 5.32 Å². The lowest BCUT2D eigenvalue weighted by Gasteiger charge is -2.24. The maximum absolute atomic E-state index is 13.7. The van der Waals surface area contributed by atoms with Gasteiger partial charge in [0.05, 0.1) is 6.54 Å². The molecule has 0 aromatic heterocycles. The Morgan fingerprint density at radius 3 is 2.59 bits per heavy atom. The van der Waals surface area contributed by atoms with Crippen LogP contribution in [0.1, 0.15) is 32.8 Å². The van der Waals surface area contributed by atoms with Crippen molar-refractivity contribution in [3.63, 3.8) is 0 Å². The van der Waals surface area contributed by atoms with Gasteiger partial charge in [-0.15, -0.1) is 0 Å². The van der Waals surface area contributed by atoms with E-state index in [4.69, 9.17) is 0 Å². The van der Waals surface area contributed by atoms with E-state index in [0.29, 0.717) is 6.07 Å². The fraction of sp³-hybridized carbons (Fsp3) is 0.353. The zero-order valence-electron chi connectivity index (χ0n) is 13.0. The zero-order chi connectivity index (χ0) is 16.8. The normalized spacial score (nSPS) is 14.9. The van der Waals surface area contributed by atoms with Gasteiger partial charge in [0.2, 0.25) is 5.91 Å². The monoisotopic (exact) mass is 309 g/mol. The van der Waals surface area contributed by atoms with E-state index >= 15 is 0 Å². The average Bonchev–Trinajstić information content (AvgIpc) is 2.46. The molecule has 0 bridgehead atoms. The SMILES string of the molecule is CC=C(C=CC(=O)NCC(C)(O)c1ccc(F)cc1F)CC. The fourth-order valence-corrected chi connectivity index (χ4v) is 1.94. The molecule has 0 fully saturated rings. The van der Waals surface area contributed by atoms with Crippen molar-refractivity contribution in [2.75, 3.05) is 6.54 Å². The first kappa shape index (κ1) is 18.0. The molecule has 0 spiro atoms. The summed E-state index contributed by atoms with van der Waals surface area (Å²) < 4.78 is 26.6. The first-order valence-electron chi connectivity index (χ1n) is 7.09. The molecule has 0 saturated heterocycles. The van der Waals surface area contributed by atoms with Gasteiger partial charge in [-0.05, 0) is 26.3 Å². The molecular weight excluding hydrogens is 288 g/mol. The Balaban J connectivity index is 2.71. The summed E-state index contributed by atoms with van der Waals surface area (Å²) in [5.41, 5.74) is -0.692. The van der Waals surface area contributed by atoms with Crippen LogP contribution >= 0.6 is 0 Å². The molecule has 2 N–H and O–H groups in total. The van der Waals surface area contributed by atoms with Crippen LogP contribution in [0, 0.1) is 11.6 Å². The second kappa shape index (κ2) is 7.84. The van der Waals surface area contributed by atoms with Crippen molar-refractivity contribution in [2.45, 2.75) is 32.8 Å². The highest BCUT2D eigenvalue weighted by atomic mass is 19.1. The molecule has 0 heterocycles. The van der Waals surface area contributed by atoms with E-state index in [1.165, 1.54) is 19.1 Å². The van der Waals surface area contributed by atoms with Gasteiger partial charge in [0.1, 0.15) is 17.2 Å². The molecule has 120 valence electrons. The first-order valence-corrected chi connectivity index (χ1v) is 7.09. The largest absolute Gasteiger partial charge is 0.383 e. The van der Waals surface area contributed by atoms with E-state index in [0.717, 1.165) is 18.1 Å². The zero-order valence-corrected chi connectivity index (χ0v) is 13.0. The third-order valence-corrected chi connectivity index (χ3v) is 3.35. The van der Waals surface area contributed by atoms with Crippen LogP contribution in [0.25, 0.3) is 0 Å². The van der Waals surface area contributed by atoms with Crippen molar-refractivity contribution in [1.29, 1.82) is 0 Å². The third kappa shape index (κ3) is 5.07. The molecule has 1 aromatic carbocycles. The number of halogens is 2. The predicted molar refractivity (Wildman–Crippen MR) is 82.1 cm³/mol. The highest BCUT2D eigenvalue weighted by Crippen LogP contribution is 2.23. The molecule has 1 rings (SSSR count). The minimum absolute atomic E-state index is 0.0686. The van der Waals surface area contributed by atoms with Gasteiger partial charge < -0.3 is 10.4 Å².